The van der Waals surface area contributed by atoms with Crippen LogP contribution in [0.4, 0.5) is 110 Å². The third-order valence-electron chi connectivity index (χ3n) is 19.4. The van der Waals surface area contributed by atoms with Crippen molar-refractivity contribution in [3.05, 3.63) is 287 Å². The van der Waals surface area contributed by atoms with Gasteiger partial charge in [-0.2, -0.15) is 127 Å². The largest absolute Gasteiger partial charge is 0.416 e. The predicted octanol–water partition coefficient (Wildman–Crippen LogP) is 22.6. The zero-order valence-electron chi connectivity index (χ0n) is 57.1. The average molecular weight is 1700 g/mol. The fraction of sp³-hybridized carbons (Fsp3) is 0.291. The fourth-order valence-electron chi connectivity index (χ4n) is 14.6. The van der Waals surface area contributed by atoms with Crippen molar-refractivity contribution < 1.29 is 129 Å². The summed E-state index contributed by atoms with van der Waals surface area (Å²) in [7, 11) is -1.61. The Morgan fingerprint density at radius 3 is 0.633 bits per heavy atom. The summed E-state index contributed by atoms with van der Waals surface area (Å²) in [6, 6.07) is 43.6. The van der Waals surface area contributed by atoms with Crippen LogP contribution in [0.5, 0.6) is 0 Å². The molecular weight excluding hydrogens is 1630 g/mol. The van der Waals surface area contributed by atoms with Crippen molar-refractivity contribution in [2.75, 3.05) is 12.3 Å². The molecule has 0 amide bonds. The van der Waals surface area contributed by atoms with Gasteiger partial charge >= 0.3 is 49.4 Å². The second-order valence-corrected chi connectivity index (χ2v) is 35.2. The maximum Gasteiger partial charge on any atom is 0.416 e. The molecule has 1 radical (unpaired) electrons. The van der Waals surface area contributed by atoms with Crippen LogP contribution < -0.4 is 43.1 Å². The maximum atomic E-state index is 14.2. The number of rotatable bonds is 14. The molecule has 30 heteroatoms. The maximum absolute atomic E-state index is 14.2. The predicted molar refractivity (Wildman–Crippen MR) is 382 cm³/mol. The van der Waals surface area contributed by atoms with Gasteiger partial charge in [-0.1, -0.05) is 152 Å². The number of alkyl halides is 24. The van der Waals surface area contributed by atoms with Crippen LogP contribution in [0.25, 0.3) is 0 Å². The van der Waals surface area contributed by atoms with E-state index in [9.17, 15) is 110 Å². The molecule has 585 valence electrons. The van der Waals surface area contributed by atoms with Crippen LogP contribution in [0.2, 0.25) is 0 Å². The summed E-state index contributed by atoms with van der Waals surface area (Å²) in [4.78, 5) is 0. The van der Waals surface area contributed by atoms with Crippen LogP contribution in [-0.2, 0) is 68.9 Å². The third-order valence-corrected chi connectivity index (χ3v) is 30.0. The topological polar surface area (TPSA) is 0 Å². The number of halogens is 25. The van der Waals surface area contributed by atoms with Crippen molar-refractivity contribution >= 4 is 73.0 Å². The minimum absolute atomic E-state index is 0. The van der Waals surface area contributed by atoms with E-state index in [0.29, 0.717) is 0 Å². The smallest absolute Gasteiger partial charge is 0.207 e. The summed E-state index contributed by atoms with van der Waals surface area (Å²) >= 11 is 0. The average Bonchev–Trinajstić information content (AvgIpc) is 1.11. The molecule has 0 saturated heterocycles. The first kappa shape index (κ1) is 87.5. The summed E-state index contributed by atoms with van der Waals surface area (Å²) < 4.78 is 353. The molecule has 0 aromatic heterocycles. The van der Waals surface area contributed by atoms with Crippen molar-refractivity contribution in [3.8, 4) is 0 Å². The van der Waals surface area contributed by atoms with E-state index in [2.05, 4.69) is 133 Å². The zero-order valence-corrected chi connectivity index (χ0v) is 61.7. The summed E-state index contributed by atoms with van der Waals surface area (Å²) in [6.45, 7) is 0. The Labute approximate surface area is 629 Å². The van der Waals surface area contributed by atoms with Crippen molar-refractivity contribution in [1.29, 1.82) is 0 Å². The fourth-order valence-corrected chi connectivity index (χ4v) is 25.8. The molecule has 109 heavy (non-hydrogen) atoms. The van der Waals surface area contributed by atoms with Crippen molar-refractivity contribution in [1.82, 2.24) is 0 Å². The van der Waals surface area contributed by atoms with E-state index in [1.165, 1.54) is 69.8 Å². The number of benzene rings is 9. The van der Waals surface area contributed by atoms with Gasteiger partial charge in [0, 0.05) is 40.2 Å². The Balaban J connectivity index is 0.000000232. The molecule has 9 aromatic rings. The van der Waals surface area contributed by atoms with Gasteiger partial charge in [-0.05, 0) is 136 Å². The molecule has 0 unspecified atom stereocenters. The van der Waals surface area contributed by atoms with E-state index in [-0.39, 0.29) is 33.2 Å². The Morgan fingerprint density at radius 1 is 0.266 bits per heavy atom. The SMILES string of the molecule is C1=CCC([PH+](C2CCCC2)C2CCCC2)C1.FC(F)(F)c1cc([B-](c2cc(C(F)(F)F)cc(C(F)(F)F)c2)(c2cc(C(F)(F)F)cc(C(F)(F)F)c2)c2cc(C(F)(F)F)cc(C(F)(F)F)c2)cc(C(F)(F)F)c1.Fc1ccccc1.[Rh].c1ccc([PH+](CC[PH+](c2ccccc2)c2ccccc2)c2ccccc2)cc1. The Bertz CT molecular complexity index is 3770. The number of hydrogen-bond acceptors (Lipinski definition) is 0. The molecule has 0 atom stereocenters. The number of hydrogen-bond donors (Lipinski definition) is 0. The molecule has 0 heterocycles. The normalized spacial score (nSPS) is 15.1. The summed E-state index contributed by atoms with van der Waals surface area (Å²) in [5, 5.41) is 6.06. The van der Waals surface area contributed by atoms with Gasteiger partial charge < -0.3 is 0 Å². The Morgan fingerprint density at radius 2 is 0.459 bits per heavy atom. The molecule has 12 rings (SSSR count). The molecule has 3 aliphatic carbocycles. The standard InChI is InChI=1S/C32H12BF24.C26H24P2.C15H25P.C6H5F.Rh/c34-25(35,36)13-1-14(26(37,38)39)6-21(5-13)33(22-7-15(27(40,41)42)2-16(8-22)28(43,44)45,23-9-17(29(46,47)48)3-18(10-23)30(49,50)51)24-11-19(31(52,53)54)4-20(12-24)32(55,56)57;1-5-13-23(14-6-1)27(24-15-7-2-8-16-24)21-22-28(25-17-9-3-10-18-25)26-19-11-4-12-20-26;1-2-8-13(7-1)16(14-9-3-4-10-14)15-11-5-6-12-15;7-6-4-2-1-3-5-6;/h1-12H;1-20H,21-22H2;1-2,13-15H,3-12H2;1-5H;/q-1;;;;/p+3. The molecule has 2 saturated carbocycles. The van der Waals surface area contributed by atoms with Crippen LogP contribution in [0.1, 0.15) is 109 Å². The van der Waals surface area contributed by atoms with Crippen LogP contribution in [0.3, 0.4) is 0 Å². The van der Waals surface area contributed by atoms with Gasteiger partial charge in [-0.15, -0.1) is 0 Å². The van der Waals surface area contributed by atoms with Gasteiger partial charge in [0.1, 0.15) is 24.3 Å². The van der Waals surface area contributed by atoms with Gasteiger partial charge in [-0.25, -0.2) is 4.39 Å². The van der Waals surface area contributed by atoms with Crippen LogP contribution >= 0.6 is 23.8 Å². The molecule has 0 nitrogen and oxygen atoms in total. The van der Waals surface area contributed by atoms with Gasteiger partial charge in [0.25, 0.3) is 0 Å². The van der Waals surface area contributed by atoms with Gasteiger partial charge in [0.15, 0.2) is 0 Å². The second-order valence-electron chi connectivity index (χ2n) is 26.5. The minimum atomic E-state index is -6.13. The Hall–Kier alpha value is -7.05. The van der Waals surface area contributed by atoms with Gasteiger partial charge in [0.05, 0.1) is 98.5 Å². The van der Waals surface area contributed by atoms with Crippen LogP contribution in [0, 0.1) is 5.82 Å². The van der Waals surface area contributed by atoms with Crippen molar-refractivity contribution in [2.24, 2.45) is 0 Å². The van der Waals surface area contributed by atoms with Gasteiger partial charge in [0.2, 0.25) is 0 Å². The van der Waals surface area contributed by atoms with E-state index in [4.69, 9.17) is 0 Å². The van der Waals surface area contributed by atoms with E-state index >= 15 is 0 Å². The number of allylic oxidation sites excluding steroid dienone is 2. The van der Waals surface area contributed by atoms with E-state index < -0.39 is 211 Å². The van der Waals surface area contributed by atoms with Gasteiger partial charge in [-0.3, -0.25) is 0 Å². The first-order valence-corrected chi connectivity index (χ1v) is 39.2. The molecule has 0 N–H and O–H groups in total. The molecule has 9 aromatic carbocycles. The van der Waals surface area contributed by atoms with E-state index in [1.54, 1.807) is 69.6 Å². The van der Waals surface area contributed by atoms with Crippen molar-refractivity contribution in [3.63, 3.8) is 0 Å². The molecule has 0 bridgehead atoms. The van der Waals surface area contributed by atoms with E-state index in [1.807, 2.05) is 0 Å². The quantitative estimate of drug-likeness (QED) is 0.0441. The monoisotopic (exact) mass is 1700 g/mol. The minimum Gasteiger partial charge on any atom is -0.207 e. The summed E-state index contributed by atoms with van der Waals surface area (Å²) in [5.74, 6) is -0.178. The van der Waals surface area contributed by atoms with E-state index in [0.717, 1.165) is 5.66 Å². The zero-order chi connectivity index (χ0) is 78.8. The Kier molecular flexibility index (Phi) is 29.1. The molecule has 0 aliphatic heterocycles. The molecular formula is C79H69BF25P3Rh+2. The second kappa shape index (κ2) is 36.2. The van der Waals surface area contributed by atoms with Crippen LogP contribution in [0.15, 0.2) is 237 Å². The van der Waals surface area contributed by atoms with Crippen molar-refractivity contribution in [2.45, 2.75) is 131 Å². The first-order valence-electron chi connectivity index (χ1n) is 34.0. The summed E-state index contributed by atoms with van der Waals surface area (Å²) in [5.41, 5.74) is -26.7. The molecule has 2 fully saturated rings. The first-order chi connectivity index (χ1) is 50.5. The molecule has 0 spiro atoms. The third kappa shape index (κ3) is 23.1. The molecule has 3 aliphatic rings. The summed E-state index contributed by atoms with van der Waals surface area (Å²) in [6.07, 6.45) is -31.9. The van der Waals surface area contributed by atoms with Crippen LogP contribution in [-0.4, -0.2) is 35.4 Å².